The Morgan fingerprint density at radius 2 is 2.19 bits per heavy atom. The van der Waals surface area contributed by atoms with E-state index < -0.39 is 0 Å². The van der Waals surface area contributed by atoms with E-state index in [1.54, 1.807) is 18.7 Å². The van der Waals surface area contributed by atoms with Gasteiger partial charge in [-0.2, -0.15) is 5.10 Å². The number of aliphatic hydroxyl groups excluding tert-OH is 1. The zero-order chi connectivity index (χ0) is 12.3. The summed E-state index contributed by atoms with van der Waals surface area (Å²) in [5.74, 6) is -0.101. The third kappa shape index (κ3) is 2.74. The summed E-state index contributed by atoms with van der Waals surface area (Å²) in [5, 5.41) is 13.5. The molecular weight excluding hydrogens is 230 g/mol. The monoisotopic (exact) mass is 245 g/mol. The minimum Gasteiger partial charge on any atom is -0.395 e. The summed E-state index contributed by atoms with van der Waals surface area (Å²) >= 11 is 5.97. The second-order valence-corrected chi connectivity index (χ2v) is 4.06. The van der Waals surface area contributed by atoms with Gasteiger partial charge in [-0.05, 0) is 13.8 Å². The van der Waals surface area contributed by atoms with E-state index in [9.17, 15) is 4.79 Å². The number of aliphatic hydroxyl groups is 1. The second-order valence-electron chi connectivity index (χ2n) is 3.68. The molecule has 0 saturated carbocycles. The molecule has 0 unspecified atom stereocenters. The topological polar surface area (TPSA) is 58.4 Å². The first-order chi connectivity index (χ1) is 7.47. The fraction of sp³-hybridized carbons (Fsp3) is 0.600. The Kier molecular flexibility index (Phi) is 4.32. The molecule has 0 saturated heterocycles. The van der Waals surface area contributed by atoms with Crippen LogP contribution in [0.4, 0.5) is 0 Å². The van der Waals surface area contributed by atoms with Crippen LogP contribution in [-0.4, -0.2) is 45.9 Å². The molecule has 0 aliphatic heterocycles. The predicted octanol–water partition coefficient (Wildman–Crippen LogP) is 0.604. The van der Waals surface area contributed by atoms with Crippen LogP contribution in [0.15, 0.2) is 0 Å². The van der Waals surface area contributed by atoms with Crippen molar-refractivity contribution in [2.75, 3.05) is 20.2 Å². The molecule has 1 N–H and O–H groups in total. The van der Waals surface area contributed by atoms with Gasteiger partial charge in [0.1, 0.15) is 6.54 Å². The molecule has 0 aliphatic rings. The SMILES string of the molecule is Cc1nn(CC(=O)N(C)CCO)c(C)c1Cl. The third-order valence-electron chi connectivity index (χ3n) is 2.44. The maximum Gasteiger partial charge on any atom is 0.244 e. The zero-order valence-corrected chi connectivity index (χ0v) is 10.5. The van der Waals surface area contributed by atoms with Crippen LogP contribution >= 0.6 is 11.6 Å². The van der Waals surface area contributed by atoms with Crippen LogP contribution in [0.1, 0.15) is 11.4 Å². The average molecular weight is 246 g/mol. The fourth-order valence-corrected chi connectivity index (χ4v) is 1.49. The summed E-state index contributed by atoms with van der Waals surface area (Å²) in [6.07, 6.45) is 0. The molecule has 0 spiro atoms. The molecule has 1 rings (SSSR count). The van der Waals surface area contributed by atoms with Crippen LogP contribution in [0.3, 0.4) is 0 Å². The lowest BCUT2D eigenvalue weighted by molar-refractivity contribution is -0.131. The average Bonchev–Trinajstić information content (AvgIpc) is 2.47. The van der Waals surface area contributed by atoms with E-state index in [2.05, 4.69) is 5.10 Å². The van der Waals surface area contributed by atoms with Gasteiger partial charge in [0, 0.05) is 13.6 Å². The molecule has 0 aromatic carbocycles. The van der Waals surface area contributed by atoms with Gasteiger partial charge in [0.2, 0.25) is 5.91 Å². The lowest BCUT2D eigenvalue weighted by Crippen LogP contribution is -2.33. The largest absolute Gasteiger partial charge is 0.395 e. The van der Waals surface area contributed by atoms with Crippen LogP contribution in [0.2, 0.25) is 5.02 Å². The minimum atomic E-state index is -0.101. The van der Waals surface area contributed by atoms with Crippen molar-refractivity contribution < 1.29 is 9.90 Å². The molecule has 6 heteroatoms. The van der Waals surface area contributed by atoms with Crippen LogP contribution in [-0.2, 0) is 11.3 Å². The normalized spacial score (nSPS) is 10.6. The van der Waals surface area contributed by atoms with E-state index in [1.807, 2.05) is 6.92 Å². The van der Waals surface area contributed by atoms with Crippen molar-refractivity contribution in [2.45, 2.75) is 20.4 Å². The maximum absolute atomic E-state index is 11.7. The standard InChI is InChI=1S/C10H16ClN3O2/c1-7-10(11)8(2)14(12-7)6-9(16)13(3)4-5-15/h15H,4-6H2,1-3H3. The molecule has 0 radical (unpaired) electrons. The van der Waals surface area contributed by atoms with Gasteiger partial charge in [0.25, 0.3) is 0 Å². The third-order valence-corrected chi connectivity index (χ3v) is 2.99. The molecule has 90 valence electrons. The molecule has 0 bridgehead atoms. The molecular formula is C10H16ClN3O2. The number of amides is 1. The Hall–Kier alpha value is -1.07. The highest BCUT2D eigenvalue weighted by Crippen LogP contribution is 2.18. The Morgan fingerprint density at radius 3 is 2.62 bits per heavy atom. The number of carbonyl (C=O) groups excluding carboxylic acids is 1. The molecule has 0 atom stereocenters. The number of hydrogen-bond acceptors (Lipinski definition) is 3. The van der Waals surface area contributed by atoms with Gasteiger partial charge < -0.3 is 10.0 Å². The second kappa shape index (κ2) is 5.32. The number of likely N-dealkylation sites (N-methyl/N-ethyl adjacent to an activating group) is 1. The van der Waals surface area contributed by atoms with E-state index in [4.69, 9.17) is 16.7 Å². The Bertz CT molecular complexity index is 390. The van der Waals surface area contributed by atoms with Crippen molar-refractivity contribution in [3.8, 4) is 0 Å². The van der Waals surface area contributed by atoms with Gasteiger partial charge in [-0.1, -0.05) is 11.6 Å². The van der Waals surface area contributed by atoms with Gasteiger partial charge in [0.05, 0.1) is 23.0 Å². The Morgan fingerprint density at radius 1 is 1.56 bits per heavy atom. The van der Waals surface area contributed by atoms with Gasteiger partial charge in [-0.3, -0.25) is 9.48 Å². The number of rotatable bonds is 4. The van der Waals surface area contributed by atoms with E-state index in [1.165, 1.54) is 4.90 Å². The predicted molar refractivity (Wildman–Crippen MR) is 61.4 cm³/mol. The highest BCUT2D eigenvalue weighted by Gasteiger charge is 2.14. The summed E-state index contributed by atoms with van der Waals surface area (Å²) in [5.41, 5.74) is 1.50. The first-order valence-corrected chi connectivity index (χ1v) is 5.39. The van der Waals surface area contributed by atoms with Crippen molar-refractivity contribution in [3.63, 3.8) is 0 Å². The van der Waals surface area contributed by atoms with Crippen LogP contribution in [0.25, 0.3) is 0 Å². The van der Waals surface area contributed by atoms with E-state index in [0.29, 0.717) is 11.6 Å². The smallest absolute Gasteiger partial charge is 0.244 e. The van der Waals surface area contributed by atoms with Crippen molar-refractivity contribution >= 4 is 17.5 Å². The lowest BCUT2D eigenvalue weighted by Gasteiger charge is -2.15. The molecule has 1 aromatic rings. The van der Waals surface area contributed by atoms with Crippen molar-refractivity contribution in [1.29, 1.82) is 0 Å². The fourth-order valence-electron chi connectivity index (χ4n) is 1.35. The lowest BCUT2D eigenvalue weighted by atomic mass is 10.4. The van der Waals surface area contributed by atoms with Crippen molar-refractivity contribution in [1.82, 2.24) is 14.7 Å². The molecule has 0 aliphatic carbocycles. The summed E-state index contributed by atoms with van der Waals surface area (Å²) in [6, 6.07) is 0. The van der Waals surface area contributed by atoms with Crippen molar-refractivity contribution in [3.05, 3.63) is 16.4 Å². The summed E-state index contributed by atoms with van der Waals surface area (Å²) in [4.78, 5) is 13.1. The van der Waals surface area contributed by atoms with Crippen molar-refractivity contribution in [2.24, 2.45) is 0 Å². The first-order valence-electron chi connectivity index (χ1n) is 5.01. The van der Waals surface area contributed by atoms with Gasteiger partial charge in [-0.15, -0.1) is 0 Å². The molecule has 1 amide bonds. The number of nitrogens with zero attached hydrogens (tertiary/aromatic N) is 3. The van der Waals surface area contributed by atoms with E-state index >= 15 is 0 Å². The summed E-state index contributed by atoms with van der Waals surface area (Å²) < 4.78 is 1.58. The summed E-state index contributed by atoms with van der Waals surface area (Å²) in [6.45, 7) is 4.05. The number of hydrogen-bond donors (Lipinski definition) is 1. The first kappa shape index (κ1) is 13.0. The molecule has 1 heterocycles. The van der Waals surface area contributed by atoms with E-state index in [-0.39, 0.29) is 19.1 Å². The van der Waals surface area contributed by atoms with Gasteiger partial charge >= 0.3 is 0 Å². The molecule has 16 heavy (non-hydrogen) atoms. The van der Waals surface area contributed by atoms with E-state index in [0.717, 1.165) is 11.4 Å². The highest BCUT2D eigenvalue weighted by molar-refractivity contribution is 6.31. The molecule has 0 fully saturated rings. The quantitative estimate of drug-likeness (QED) is 0.845. The number of carbonyl (C=O) groups is 1. The van der Waals surface area contributed by atoms with Crippen LogP contribution < -0.4 is 0 Å². The maximum atomic E-state index is 11.7. The highest BCUT2D eigenvalue weighted by atomic mass is 35.5. The number of halogens is 1. The number of aromatic nitrogens is 2. The van der Waals surface area contributed by atoms with Gasteiger partial charge in [0.15, 0.2) is 0 Å². The number of aryl methyl sites for hydroxylation is 1. The van der Waals surface area contributed by atoms with Crippen LogP contribution in [0, 0.1) is 13.8 Å². The van der Waals surface area contributed by atoms with Gasteiger partial charge in [-0.25, -0.2) is 0 Å². The summed E-state index contributed by atoms with van der Waals surface area (Å²) in [7, 11) is 1.64. The minimum absolute atomic E-state index is 0.0416. The Labute approximate surface area is 99.6 Å². The zero-order valence-electron chi connectivity index (χ0n) is 9.70. The Balaban J connectivity index is 2.73. The molecule has 5 nitrogen and oxygen atoms in total. The van der Waals surface area contributed by atoms with Crippen LogP contribution in [0.5, 0.6) is 0 Å². The molecule has 1 aromatic heterocycles.